The van der Waals surface area contributed by atoms with Crippen molar-refractivity contribution in [1.82, 2.24) is 0 Å². The monoisotopic (exact) mass is 444 g/mol. The van der Waals surface area contributed by atoms with E-state index >= 15 is 0 Å². The third-order valence-corrected chi connectivity index (χ3v) is 3.96. The Morgan fingerprint density at radius 3 is 2.68 bits per heavy atom. The van der Waals surface area contributed by atoms with Crippen LogP contribution in [-0.2, 0) is 27.5 Å². The van der Waals surface area contributed by atoms with Gasteiger partial charge in [0, 0.05) is 31.9 Å². The largest absolute Gasteiger partial charge is 0.260 e. The molecule has 1 aliphatic rings. The van der Waals surface area contributed by atoms with Gasteiger partial charge in [0.1, 0.15) is 0 Å². The number of nitro benzene ring substituents is 1. The number of rotatable bonds is 2. The first-order valence-corrected chi connectivity index (χ1v) is 6.43. The number of nitro groups is 1. The summed E-state index contributed by atoms with van der Waals surface area (Å²) in [5.41, 5.74) is 2.21. The standard InChI is InChI=1S/C14H11ClNO2.W/c15-8-10-6-5-9-7-13(16(17)18)11-3-1-2-4-12(11)14(9)10;/h1-4,10H,5-6,8H2;/q-1;. The normalized spacial score (nSPS) is 17.0. The summed E-state index contributed by atoms with van der Waals surface area (Å²) in [7, 11) is 0. The number of aryl methyl sites for hydroxylation is 1. The van der Waals surface area contributed by atoms with Crippen LogP contribution < -0.4 is 0 Å². The summed E-state index contributed by atoms with van der Waals surface area (Å²) in [6, 6.07) is 10.4. The molecule has 98 valence electrons. The van der Waals surface area contributed by atoms with E-state index in [2.05, 4.69) is 6.07 Å². The van der Waals surface area contributed by atoms with Crippen LogP contribution in [0, 0.1) is 16.2 Å². The van der Waals surface area contributed by atoms with Gasteiger partial charge in [0.05, 0.1) is 0 Å². The second-order valence-electron chi connectivity index (χ2n) is 4.56. The minimum atomic E-state index is -0.351. The van der Waals surface area contributed by atoms with Crippen LogP contribution in [0.25, 0.3) is 10.8 Å². The van der Waals surface area contributed by atoms with Crippen LogP contribution in [0.3, 0.4) is 0 Å². The van der Waals surface area contributed by atoms with Crippen LogP contribution in [0.4, 0.5) is 5.69 Å². The number of alkyl halides is 1. The van der Waals surface area contributed by atoms with Crippen molar-refractivity contribution in [2.75, 3.05) is 5.88 Å². The third kappa shape index (κ3) is 2.30. The zero-order chi connectivity index (χ0) is 12.7. The molecule has 0 aliphatic heterocycles. The molecule has 1 atom stereocenters. The fourth-order valence-electron chi connectivity index (χ4n) is 2.79. The summed E-state index contributed by atoms with van der Waals surface area (Å²) in [6.45, 7) is 0. The number of fused-ring (bicyclic) bond motifs is 3. The first kappa shape index (κ1) is 14.5. The van der Waals surface area contributed by atoms with E-state index < -0.39 is 0 Å². The quantitative estimate of drug-likeness (QED) is 0.306. The van der Waals surface area contributed by atoms with Crippen molar-refractivity contribution in [3.63, 3.8) is 0 Å². The van der Waals surface area contributed by atoms with E-state index in [0.717, 1.165) is 29.4 Å². The summed E-state index contributed by atoms with van der Waals surface area (Å²) in [5.74, 6) is 0.853. The van der Waals surface area contributed by atoms with E-state index in [9.17, 15) is 10.1 Å². The summed E-state index contributed by atoms with van der Waals surface area (Å²) < 4.78 is 0. The van der Waals surface area contributed by atoms with E-state index in [4.69, 9.17) is 11.6 Å². The second kappa shape index (κ2) is 5.60. The minimum absolute atomic E-state index is 0. The van der Waals surface area contributed by atoms with Crippen molar-refractivity contribution >= 4 is 28.1 Å². The number of nitrogens with zero attached hydrogens (tertiary/aromatic N) is 1. The molecular formula is C14H11ClNO2W-. The SMILES string of the molecule is O=[N+]([O-])c1[c-]c2c(c3ccccc13)C(CCl)CC2.[W]. The van der Waals surface area contributed by atoms with E-state index in [-0.39, 0.29) is 31.7 Å². The van der Waals surface area contributed by atoms with E-state index in [1.165, 1.54) is 0 Å². The second-order valence-corrected chi connectivity index (χ2v) is 4.87. The van der Waals surface area contributed by atoms with E-state index in [1.54, 1.807) is 6.07 Å². The predicted molar refractivity (Wildman–Crippen MR) is 71.2 cm³/mol. The van der Waals surface area contributed by atoms with Gasteiger partial charge in [0.25, 0.3) is 0 Å². The van der Waals surface area contributed by atoms with Gasteiger partial charge in [-0.15, -0.1) is 28.6 Å². The summed E-state index contributed by atoms with van der Waals surface area (Å²) >= 11 is 5.99. The maximum absolute atomic E-state index is 11.1. The molecule has 5 heteroatoms. The zero-order valence-corrected chi connectivity index (χ0v) is 13.7. The van der Waals surface area contributed by atoms with Crippen LogP contribution in [0.2, 0.25) is 0 Å². The Bertz CT molecular complexity index is 645. The molecule has 3 rings (SSSR count). The Labute approximate surface area is 130 Å². The summed E-state index contributed by atoms with van der Waals surface area (Å²) in [6.07, 6.45) is 1.79. The van der Waals surface area contributed by atoms with Gasteiger partial charge in [0.15, 0.2) is 5.69 Å². The molecule has 0 amide bonds. The Morgan fingerprint density at radius 2 is 2.05 bits per heavy atom. The minimum Gasteiger partial charge on any atom is -0.260 e. The Hall–Kier alpha value is -0.922. The average molecular weight is 445 g/mol. The number of halogens is 1. The molecule has 0 radical (unpaired) electrons. The van der Waals surface area contributed by atoms with E-state index in [1.807, 2.05) is 18.2 Å². The average Bonchev–Trinajstić information content (AvgIpc) is 2.80. The van der Waals surface area contributed by atoms with Crippen molar-refractivity contribution in [3.05, 3.63) is 51.6 Å². The van der Waals surface area contributed by atoms with Crippen LogP contribution in [0.5, 0.6) is 0 Å². The molecule has 0 saturated heterocycles. The molecule has 0 fully saturated rings. The van der Waals surface area contributed by atoms with Gasteiger partial charge >= 0.3 is 0 Å². The number of non-ortho nitro benzene ring substituents is 1. The van der Waals surface area contributed by atoms with Crippen LogP contribution >= 0.6 is 11.6 Å². The Balaban J connectivity index is 0.00000133. The Morgan fingerprint density at radius 1 is 1.37 bits per heavy atom. The van der Waals surface area contributed by atoms with Gasteiger partial charge < -0.3 is 0 Å². The van der Waals surface area contributed by atoms with Gasteiger partial charge in [-0.2, -0.15) is 5.56 Å². The van der Waals surface area contributed by atoms with Gasteiger partial charge in [-0.3, -0.25) is 10.1 Å². The first-order chi connectivity index (χ1) is 8.72. The summed E-state index contributed by atoms with van der Waals surface area (Å²) in [4.78, 5) is 10.8. The van der Waals surface area contributed by atoms with E-state index in [0.29, 0.717) is 17.2 Å². The van der Waals surface area contributed by atoms with Gasteiger partial charge in [-0.05, 0) is 5.92 Å². The van der Waals surface area contributed by atoms with Gasteiger partial charge in [-0.25, -0.2) is 0 Å². The maximum atomic E-state index is 11.1. The fraction of sp³-hybridized carbons (Fsp3) is 0.286. The molecule has 1 aliphatic carbocycles. The molecule has 19 heavy (non-hydrogen) atoms. The van der Waals surface area contributed by atoms with Crippen molar-refractivity contribution < 1.29 is 26.0 Å². The molecule has 0 bridgehead atoms. The van der Waals surface area contributed by atoms with Crippen molar-refractivity contribution in [1.29, 1.82) is 0 Å². The first-order valence-electron chi connectivity index (χ1n) is 5.89. The number of benzene rings is 2. The molecule has 3 nitrogen and oxygen atoms in total. The zero-order valence-electron chi connectivity index (χ0n) is 10.1. The van der Waals surface area contributed by atoms with Crippen molar-refractivity contribution in [3.8, 4) is 0 Å². The molecule has 0 heterocycles. The smallest absolute Gasteiger partial charge is 0.170 e. The molecule has 0 N–H and O–H groups in total. The van der Waals surface area contributed by atoms with Crippen molar-refractivity contribution in [2.24, 2.45) is 0 Å². The Kier molecular flexibility index (Phi) is 4.27. The molecule has 0 aromatic heterocycles. The van der Waals surface area contributed by atoms with Gasteiger partial charge in [-0.1, -0.05) is 42.5 Å². The number of hydrogen-bond donors (Lipinski definition) is 0. The molecule has 0 spiro atoms. The topological polar surface area (TPSA) is 43.1 Å². The maximum Gasteiger partial charge on any atom is 0.170 e. The van der Waals surface area contributed by atoms with Crippen molar-refractivity contribution in [2.45, 2.75) is 18.8 Å². The summed E-state index contributed by atoms with van der Waals surface area (Å²) in [5, 5.41) is 12.7. The molecule has 2 aromatic carbocycles. The van der Waals surface area contributed by atoms with Crippen LogP contribution in [0.15, 0.2) is 24.3 Å². The van der Waals surface area contributed by atoms with Crippen LogP contribution in [-0.4, -0.2) is 10.8 Å². The fourth-order valence-corrected chi connectivity index (χ4v) is 3.10. The molecular weight excluding hydrogens is 433 g/mol. The molecule has 0 saturated carbocycles. The van der Waals surface area contributed by atoms with Gasteiger partial charge in [0.2, 0.25) is 0 Å². The third-order valence-electron chi connectivity index (χ3n) is 3.59. The predicted octanol–water partition coefficient (Wildman–Crippen LogP) is 3.81. The number of hydrogen-bond acceptors (Lipinski definition) is 2. The van der Waals surface area contributed by atoms with Crippen LogP contribution in [0.1, 0.15) is 23.5 Å². The molecule has 2 aromatic rings. The molecule has 1 unspecified atom stereocenters.